The molecule has 0 aromatic heterocycles. The highest BCUT2D eigenvalue weighted by Crippen LogP contribution is 2.19. The van der Waals surface area contributed by atoms with E-state index in [2.05, 4.69) is 32.2 Å². The summed E-state index contributed by atoms with van der Waals surface area (Å²) in [5.74, 6) is 1.02. The molecule has 0 atom stereocenters. The first-order valence-electron chi connectivity index (χ1n) is 3.72. The first-order valence-corrected chi connectivity index (χ1v) is 5.12. The van der Waals surface area contributed by atoms with E-state index in [0.29, 0.717) is 0 Å². The van der Waals surface area contributed by atoms with Crippen molar-refractivity contribution < 1.29 is 5.21 Å². The molecular weight excluding hydrogens is 158 g/mol. The van der Waals surface area contributed by atoms with Gasteiger partial charge in [-0.1, -0.05) is 25.9 Å². The van der Waals surface area contributed by atoms with Gasteiger partial charge in [-0.2, -0.15) is 11.8 Å². The zero-order valence-electron chi connectivity index (χ0n) is 7.72. The molecule has 0 rings (SSSR count). The number of thioether (sulfide) groups is 1. The Labute approximate surface area is 73.1 Å². The van der Waals surface area contributed by atoms with E-state index >= 15 is 0 Å². The summed E-state index contributed by atoms with van der Waals surface area (Å²) in [6.07, 6.45) is 2.93. The molecule has 1 N–H and O–H groups in total. The third kappa shape index (κ3) is 4.30. The van der Waals surface area contributed by atoms with Crippen LogP contribution in [0.3, 0.4) is 0 Å². The van der Waals surface area contributed by atoms with Crippen molar-refractivity contribution in [3.63, 3.8) is 0 Å². The van der Waals surface area contributed by atoms with Crippen molar-refractivity contribution in [2.75, 3.05) is 12.0 Å². The van der Waals surface area contributed by atoms with E-state index in [1.807, 2.05) is 0 Å². The van der Waals surface area contributed by atoms with Crippen molar-refractivity contribution in [2.45, 2.75) is 27.2 Å². The van der Waals surface area contributed by atoms with Crippen LogP contribution < -0.4 is 0 Å². The number of hydrogen-bond donors (Lipinski definition) is 1. The second-order valence-electron chi connectivity index (χ2n) is 3.54. The van der Waals surface area contributed by atoms with Gasteiger partial charge in [0.05, 0.1) is 5.71 Å². The van der Waals surface area contributed by atoms with E-state index in [4.69, 9.17) is 5.21 Å². The normalized spacial score (nSPS) is 13.6. The van der Waals surface area contributed by atoms with Crippen LogP contribution in [-0.4, -0.2) is 22.9 Å². The van der Waals surface area contributed by atoms with Crippen molar-refractivity contribution in [2.24, 2.45) is 10.6 Å². The fourth-order valence-electron chi connectivity index (χ4n) is 0.774. The summed E-state index contributed by atoms with van der Waals surface area (Å²) in [6, 6.07) is 0. The topological polar surface area (TPSA) is 32.6 Å². The van der Waals surface area contributed by atoms with Gasteiger partial charge in [0, 0.05) is 5.41 Å². The van der Waals surface area contributed by atoms with Gasteiger partial charge < -0.3 is 5.21 Å². The Morgan fingerprint density at radius 3 is 2.27 bits per heavy atom. The average molecular weight is 175 g/mol. The van der Waals surface area contributed by atoms with Gasteiger partial charge in [0.1, 0.15) is 0 Å². The summed E-state index contributed by atoms with van der Waals surface area (Å²) in [6.45, 7) is 6.17. The van der Waals surface area contributed by atoms with Gasteiger partial charge in [0.2, 0.25) is 0 Å². The molecule has 0 fully saturated rings. The van der Waals surface area contributed by atoms with E-state index in [0.717, 1.165) is 17.9 Å². The molecule has 3 heteroatoms. The van der Waals surface area contributed by atoms with Crippen molar-refractivity contribution >= 4 is 17.5 Å². The quantitative estimate of drug-likeness (QED) is 0.406. The van der Waals surface area contributed by atoms with Crippen LogP contribution in [-0.2, 0) is 0 Å². The van der Waals surface area contributed by atoms with E-state index in [9.17, 15) is 0 Å². The Kier molecular flexibility index (Phi) is 4.57. The second kappa shape index (κ2) is 4.65. The number of oxime groups is 1. The van der Waals surface area contributed by atoms with Crippen LogP contribution in [0.2, 0.25) is 0 Å². The highest BCUT2D eigenvalue weighted by Gasteiger charge is 2.18. The summed E-state index contributed by atoms with van der Waals surface area (Å²) in [4.78, 5) is 0. The maximum absolute atomic E-state index is 8.67. The molecule has 0 radical (unpaired) electrons. The van der Waals surface area contributed by atoms with Gasteiger partial charge in [0.25, 0.3) is 0 Å². The molecule has 0 unspecified atom stereocenters. The minimum Gasteiger partial charge on any atom is -0.411 e. The van der Waals surface area contributed by atoms with Crippen LogP contribution in [0.5, 0.6) is 0 Å². The molecule has 0 aliphatic carbocycles. The summed E-state index contributed by atoms with van der Waals surface area (Å²) in [5.41, 5.74) is 0.886. The average Bonchev–Trinajstić information content (AvgIpc) is 1.87. The molecule has 2 nitrogen and oxygen atoms in total. The monoisotopic (exact) mass is 175 g/mol. The van der Waals surface area contributed by atoms with Crippen LogP contribution in [0.4, 0.5) is 0 Å². The van der Waals surface area contributed by atoms with Gasteiger partial charge >= 0.3 is 0 Å². The van der Waals surface area contributed by atoms with Gasteiger partial charge in [-0.15, -0.1) is 0 Å². The Hall–Kier alpha value is -0.180. The van der Waals surface area contributed by atoms with Gasteiger partial charge in [-0.3, -0.25) is 0 Å². The summed E-state index contributed by atoms with van der Waals surface area (Å²) in [7, 11) is 0. The molecule has 0 amide bonds. The van der Waals surface area contributed by atoms with E-state index < -0.39 is 0 Å². The molecular formula is C8H17NOS. The maximum Gasteiger partial charge on any atom is 0.0632 e. The van der Waals surface area contributed by atoms with E-state index in [1.54, 1.807) is 11.8 Å². The standard InChI is InChI=1S/C8H17NOS/c1-8(2,3)7(9-10)5-6-11-4/h10H,5-6H2,1-4H3. The third-order valence-electron chi connectivity index (χ3n) is 1.53. The molecule has 0 aromatic rings. The van der Waals surface area contributed by atoms with Crippen molar-refractivity contribution in [1.29, 1.82) is 0 Å². The smallest absolute Gasteiger partial charge is 0.0632 e. The summed E-state index contributed by atoms with van der Waals surface area (Å²) >= 11 is 1.77. The first-order chi connectivity index (χ1) is 5.02. The van der Waals surface area contributed by atoms with Crippen LogP contribution in [0.15, 0.2) is 5.16 Å². The Bertz CT molecular complexity index is 138. The summed E-state index contributed by atoms with van der Waals surface area (Å²) < 4.78 is 0. The molecule has 0 aliphatic heterocycles. The Morgan fingerprint density at radius 2 is 2.00 bits per heavy atom. The lowest BCUT2D eigenvalue weighted by Gasteiger charge is -2.19. The van der Waals surface area contributed by atoms with Crippen LogP contribution >= 0.6 is 11.8 Å². The first kappa shape index (κ1) is 10.8. The van der Waals surface area contributed by atoms with Crippen LogP contribution in [0.25, 0.3) is 0 Å². The Morgan fingerprint density at radius 1 is 1.45 bits per heavy atom. The SMILES string of the molecule is CSCCC(=NO)C(C)(C)C. The largest absolute Gasteiger partial charge is 0.411 e. The van der Waals surface area contributed by atoms with Crippen LogP contribution in [0, 0.1) is 5.41 Å². The minimum atomic E-state index is 0.00444. The third-order valence-corrected chi connectivity index (χ3v) is 2.14. The fraction of sp³-hybridized carbons (Fsp3) is 0.875. The van der Waals surface area contributed by atoms with Crippen molar-refractivity contribution in [1.82, 2.24) is 0 Å². The molecule has 0 spiro atoms. The fourth-order valence-corrected chi connectivity index (χ4v) is 1.17. The molecule has 0 aromatic carbocycles. The second-order valence-corrected chi connectivity index (χ2v) is 4.53. The summed E-state index contributed by atoms with van der Waals surface area (Å²) in [5, 5.41) is 12.0. The van der Waals surface area contributed by atoms with Crippen LogP contribution in [0.1, 0.15) is 27.2 Å². The van der Waals surface area contributed by atoms with Gasteiger partial charge in [-0.05, 0) is 18.4 Å². The van der Waals surface area contributed by atoms with Crippen molar-refractivity contribution in [3.8, 4) is 0 Å². The van der Waals surface area contributed by atoms with Gasteiger partial charge in [0.15, 0.2) is 0 Å². The molecule has 0 saturated carbocycles. The van der Waals surface area contributed by atoms with Gasteiger partial charge in [-0.25, -0.2) is 0 Å². The molecule has 66 valence electrons. The predicted molar refractivity (Wildman–Crippen MR) is 51.7 cm³/mol. The van der Waals surface area contributed by atoms with E-state index in [1.165, 1.54) is 0 Å². The Balaban J connectivity index is 3.99. The van der Waals surface area contributed by atoms with E-state index in [-0.39, 0.29) is 5.41 Å². The van der Waals surface area contributed by atoms with Crippen molar-refractivity contribution in [3.05, 3.63) is 0 Å². The highest BCUT2D eigenvalue weighted by molar-refractivity contribution is 7.98. The molecule has 0 heterocycles. The number of nitrogens with zero attached hydrogens (tertiary/aromatic N) is 1. The molecule has 0 bridgehead atoms. The zero-order valence-corrected chi connectivity index (χ0v) is 8.53. The lowest BCUT2D eigenvalue weighted by atomic mass is 9.88. The predicted octanol–water partition coefficient (Wildman–Crippen LogP) is 2.62. The minimum absolute atomic E-state index is 0.00444. The highest BCUT2D eigenvalue weighted by atomic mass is 32.2. The molecule has 0 saturated heterocycles. The lowest BCUT2D eigenvalue weighted by molar-refractivity contribution is 0.309. The lowest BCUT2D eigenvalue weighted by Crippen LogP contribution is -2.20. The number of hydrogen-bond acceptors (Lipinski definition) is 3. The zero-order chi connectivity index (χ0) is 8.91. The molecule has 11 heavy (non-hydrogen) atoms. The maximum atomic E-state index is 8.67. The molecule has 0 aliphatic rings. The number of rotatable bonds is 3.